The van der Waals surface area contributed by atoms with Gasteiger partial charge in [-0.2, -0.15) is 0 Å². The van der Waals surface area contributed by atoms with Crippen LogP contribution in [0.2, 0.25) is 5.02 Å². The summed E-state index contributed by atoms with van der Waals surface area (Å²) < 4.78 is 5.44. The van der Waals surface area contributed by atoms with Crippen molar-refractivity contribution in [3.8, 4) is 11.3 Å². The molecule has 0 aliphatic heterocycles. The molecule has 1 aromatic heterocycles. The largest absolute Gasteiger partial charge is 0.545 e. The van der Waals surface area contributed by atoms with Crippen molar-refractivity contribution in [3.63, 3.8) is 0 Å². The molecule has 0 atom stereocenters. The van der Waals surface area contributed by atoms with Gasteiger partial charge in [-0.25, -0.2) is 0 Å². The Hall–Kier alpha value is -2.00. The second-order valence-electron chi connectivity index (χ2n) is 3.36. The molecule has 0 fully saturated rings. The molecule has 17 heavy (non-hydrogen) atoms. The van der Waals surface area contributed by atoms with Crippen LogP contribution in [-0.4, -0.2) is 5.97 Å². The maximum absolute atomic E-state index is 10.2. The summed E-state index contributed by atoms with van der Waals surface area (Å²) in [5.74, 6) is -0.180. The highest BCUT2D eigenvalue weighted by molar-refractivity contribution is 6.30. The minimum absolute atomic E-state index is 0.448. The summed E-state index contributed by atoms with van der Waals surface area (Å²) in [5, 5.41) is 10.9. The molecule has 86 valence electrons. The van der Waals surface area contributed by atoms with Crippen LogP contribution in [0.3, 0.4) is 0 Å². The van der Waals surface area contributed by atoms with Crippen LogP contribution in [0, 0.1) is 0 Å². The molecule has 0 bridgehead atoms. The first-order chi connectivity index (χ1) is 8.15. The molecule has 2 aromatic rings. The van der Waals surface area contributed by atoms with E-state index in [1.54, 1.807) is 24.3 Å². The zero-order valence-electron chi connectivity index (χ0n) is 8.72. The van der Waals surface area contributed by atoms with E-state index in [-0.39, 0.29) is 0 Å². The maximum atomic E-state index is 10.2. The van der Waals surface area contributed by atoms with Gasteiger partial charge in [0.25, 0.3) is 0 Å². The fourth-order valence-corrected chi connectivity index (χ4v) is 1.58. The molecular formula is C13H8ClO3-. The Balaban J connectivity index is 2.27. The Morgan fingerprint density at radius 1 is 1.29 bits per heavy atom. The smallest absolute Gasteiger partial charge is 0.134 e. The van der Waals surface area contributed by atoms with Crippen molar-refractivity contribution in [2.75, 3.05) is 0 Å². The average Bonchev–Trinajstić information content (AvgIpc) is 2.75. The van der Waals surface area contributed by atoms with Crippen LogP contribution >= 0.6 is 11.6 Å². The molecule has 0 unspecified atom stereocenters. The number of rotatable bonds is 3. The highest BCUT2D eigenvalue weighted by atomic mass is 35.5. The standard InChI is InChI=1S/C13H9ClO3/c14-10-3-1-2-9(8-10)12-6-4-11(17-12)5-7-13(15)16/h1-8H,(H,15,16)/p-1. The molecule has 0 radical (unpaired) electrons. The lowest BCUT2D eigenvalue weighted by molar-refractivity contribution is -0.297. The van der Waals surface area contributed by atoms with E-state index in [9.17, 15) is 9.90 Å². The zero-order valence-corrected chi connectivity index (χ0v) is 9.48. The Morgan fingerprint density at radius 2 is 2.12 bits per heavy atom. The highest BCUT2D eigenvalue weighted by Crippen LogP contribution is 2.25. The number of carboxylic acid groups (broad SMARTS) is 1. The van der Waals surface area contributed by atoms with Gasteiger partial charge in [0.2, 0.25) is 0 Å². The third kappa shape index (κ3) is 2.98. The molecule has 0 aliphatic carbocycles. The molecule has 0 saturated carbocycles. The first kappa shape index (κ1) is 11.5. The molecule has 0 spiro atoms. The molecule has 1 heterocycles. The lowest BCUT2D eigenvalue weighted by Gasteiger charge is -1.96. The third-order valence-corrected chi connectivity index (χ3v) is 2.35. The number of hydrogen-bond acceptors (Lipinski definition) is 3. The Kier molecular flexibility index (Phi) is 3.30. The van der Waals surface area contributed by atoms with E-state index in [0.717, 1.165) is 11.6 Å². The van der Waals surface area contributed by atoms with E-state index < -0.39 is 5.97 Å². The lowest BCUT2D eigenvalue weighted by Crippen LogP contribution is -2.18. The zero-order chi connectivity index (χ0) is 12.3. The Bertz CT molecular complexity index is 570. The van der Waals surface area contributed by atoms with Gasteiger partial charge in [0, 0.05) is 10.6 Å². The van der Waals surface area contributed by atoms with Crippen LogP contribution in [0.25, 0.3) is 17.4 Å². The van der Waals surface area contributed by atoms with E-state index >= 15 is 0 Å². The van der Waals surface area contributed by atoms with Gasteiger partial charge in [0.15, 0.2) is 0 Å². The fourth-order valence-electron chi connectivity index (χ4n) is 1.39. The molecule has 2 rings (SSSR count). The van der Waals surface area contributed by atoms with Crippen LogP contribution in [-0.2, 0) is 4.79 Å². The summed E-state index contributed by atoms with van der Waals surface area (Å²) in [6, 6.07) is 10.6. The molecule has 0 amide bonds. The van der Waals surface area contributed by atoms with Crippen molar-refractivity contribution < 1.29 is 14.3 Å². The van der Waals surface area contributed by atoms with Gasteiger partial charge in [0.1, 0.15) is 11.5 Å². The number of halogens is 1. The van der Waals surface area contributed by atoms with Crippen molar-refractivity contribution in [3.05, 3.63) is 53.3 Å². The van der Waals surface area contributed by atoms with Gasteiger partial charge in [-0.3, -0.25) is 0 Å². The van der Waals surface area contributed by atoms with Gasteiger partial charge >= 0.3 is 0 Å². The molecule has 0 saturated heterocycles. The topological polar surface area (TPSA) is 53.3 Å². The molecule has 0 aliphatic rings. The van der Waals surface area contributed by atoms with Gasteiger partial charge in [-0.1, -0.05) is 23.7 Å². The van der Waals surface area contributed by atoms with Gasteiger partial charge < -0.3 is 14.3 Å². The number of carbonyl (C=O) groups is 1. The minimum atomic E-state index is -1.26. The predicted molar refractivity (Wildman–Crippen MR) is 63.2 cm³/mol. The summed E-state index contributed by atoms with van der Waals surface area (Å²) >= 11 is 5.86. The van der Waals surface area contributed by atoms with Crippen molar-refractivity contribution in [2.24, 2.45) is 0 Å². The van der Waals surface area contributed by atoms with E-state index in [2.05, 4.69) is 0 Å². The second-order valence-corrected chi connectivity index (χ2v) is 3.80. The van der Waals surface area contributed by atoms with Crippen molar-refractivity contribution in [1.82, 2.24) is 0 Å². The van der Waals surface area contributed by atoms with Crippen molar-refractivity contribution in [1.29, 1.82) is 0 Å². The third-order valence-electron chi connectivity index (χ3n) is 2.12. The first-order valence-electron chi connectivity index (χ1n) is 4.90. The maximum Gasteiger partial charge on any atom is 0.134 e. The summed E-state index contributed by atoms with van der Waals surface area (Å²) in [5.41, 5.74) is 0.839. The van der Waals surface area contributed by atoms with Gasteiger partial charge in [0.05, 0.1) is 5.97 Å². The lowest BCUT2D eigenvalue weighted by atomic mass is 10.2. The molecule has 4 heteroatoms. The molecule has 0 N–H and O–H groups in total. The number of furan rings is 1. The minimum Gasteiger partial charge on any atom is -0.545 e. The molecule has 3 nitrogen and oxygen atoms in total. The number of hydrogen-bond donors (Lipinski definition) is 0. The van der Waals surface area contributed by atoms with Crippen LogP contribution in [0.4, 0.5) is 0 Å². The van der Waals surface area contributed by atoms with E-state index in [1.165, 1.54) is 6.08 Å². The predicted octanol–water partition coefficient (Wildman–Crippen LogP) is 2.36. The van der Waals surface area contributed by atoms with Crippen LogP contribution in [0.1, 0.15) is 5.76 Å². The normalized spacial score (nSPS) is 10.9. The number of carboxylic acids is 1. The van der Waals surface area contributed by atoms with Crippen molar-refractivity contribution in [2.45, 2.75) is 0 Å². The number of aliphatic carboxylic acids is 1. The van der Waals surface area contributed by atoms with Gasteiger partial charge in [-0.05, 0) is 36.4 Å². The molecule has 1 aromatic carbocycles. The summed E-state index contributed by atoms with van der Waals surface area (Å²) in [7, 11) is 0. The Morgan fingerprint density at radius 3 is 2.82 bits per heavy atom. The van der Waals surface area contributed by atoms with E-state index in [0.29, 0.717) is 16.5 Å². The van der Waals surface area contributed by atoms with Gasteiger partial charge in [-0.15, -0.1) is 0 Å². The quantitative estimate of drug-likeness (QED) is 0.783. The Labute approximate surface area is 103 Å². The fraction of sp³-hybridized carbons (Fsp3) is 0. The summed E-state index contributed by atoms with van der Waals surface area (Å²) in [6.45, 7) is 0. The molecular weight excluding hydrogens is 240 g/mol. The van der Waals surface area contributed by atoms with Crippen LogP contribution in [0.5, 0.6) is 0 Å². The SMILES string of the molecule is O=C([O-])C=Cc1ccc(-c2cccc(Cl)c2)o1. The first-order valence-corrected chi connectivity index (χ1v) is 5.28. The number of benzene rings is 1. The average molecular weight is 248 g/mol. The van der Waals surface area contributed by atoms with Crippen LogP contribution in [0.15, 0.2) is 46.9 Å². The van der Waals surface area contributed by atoms with Crippen molar-refractivity contribution >= 4 is 23.6 Å². The monoisotopic (exact) mass is 247 g/mol. The van der Waals surface area contributed by atoms with E-state index in [4.69, 9.17) is 16.0 Å². The summed E-state index contributed by atoms with van der Waals surface area (Å²) in [4.78, 5) is 10.2. The van der Waals surface area contributed by atoms with Crippen LogP contribution < -0.4 is 5.11 Å². The summed E-state index contributed by atoms with van der Waals surface area (Å²) in [6.07, 6.45) is 2.25. The van der Waals surface area contributed by atoms with E-state index in [1.807, 2.05) is 12.1 Å². The second kappa shape index (κ2) is 4.89. The number of carbonyl (C=O) groups excluding carboxylic acids is 1. The highest BCUT2D eigenvalue weighted by Gasteiger charge is 2.03.